The van der Waals surface area contributed by atoms with Crippen molar-refractivity contribution in [1.82, 2.24) is 0 Å². The van der Waals surface area contributed by atoms with E-state index in [0.29, 0.717) is 22.4 Å². The molecule has 0 atom stereocenters. The number of nitrogens with zero attached hydrogens (tertiary/aromatic N) is 1. The average Bonchev–Trinajstić information content (AvgIpc) is 2.60. The van der Waals surface area contributed by atoms with Crippen LogP contribution in [0.25, 0.3) is 0 Å². The standard InChI is InChI=1S/C21H17Cl2NO/c1-15-5-8-19(9-6-15)24-13-16-7-10-21(20(23)12-16)25-14-17-3-2-4-18(22)11-17/h2-13H,14H2,1H3. The summed E-state index contributed by atoms with van der Waals surface area (Å²) in [5, 5.41) is 1.24. The van der Waals surface area contributed by atoms with Crippen molar-refractivity contribution >= 4 is 35.1 Å². The van der Waals surface area contributed by atoms with Crippen molar-refractivity contribution in [1.29, 1.82) is 0 Å². The Morgan fingerprint density at radius 2 is 1.76 bits per heavy atom. The molecule has 0 unspecified atom stereocenters. The molecule has 2 nitrogen and oxygen atoms in total. The van der Waals surface area contributed by atoms with E-state index in [4.69, 9.17) is 27.9 Å². The quantitative estimate of drug-likeness (QED) is 0.462. The maximum absolute atomic E-state index is 6.32. The minimum Gasteiger partial charge on any atom is -0.487 e. The highest BCUT2D eigenvalue weighted by Crippen LogP contribution is 2.26. The molecule has 0 fully saturated rings. The fourth-order valence-corrected chi connectivity index (χ4v) is 2.74. The van der Waals surface area contributed by atoms with Gasteiger partial charge in [0, 0.05) is 11.2 Å². The summed E-state index contributed by atoms with van der Waals surface area (Å²) in [6, 6.07) is 21.2. The zero-order valence-corrected chi connectivity index (χ0v) is 15.3. The number of aliphatic imine (C=N–C) groups is 1. The molecular formula is C21H17Cl2NO. The summed E-state index contributed by atoms with van der Waals surface area (Å²) < 4.78 is 5.77. The molecule has 0 radical (unpaired) electrons. The lowest BCUT2D eigenvalue weighted by Gasteiger charge is -2.09. The highest BCUT2D eigenvalue weighted by Gasteiger charge is 2.03. The molecule has 3 aromatic carbocycles. The first-order valence-corrected chi connectivity index (χ1v) is 8.63. The van der Waals surface area contributed by atoms with Crippen molar-refractivity contribution in [2.45, 2.75) is 13.5 Å². The Hall–Kier alpha value is -2.29. The molecule has 126 valence electrons. The van der Waals surface area contributed by atoms with Crippen LogP contribution >= 0.6 is 23.2 Å². The van der Waals surface area contributed by atoms with Gasteiger partial charge in [-0.25, -0.2) is 0 Å². The number of hydrogen-bond donors (Lipinski definition) is 0. The van der Waals surface area contributed by atoms with Crippen LogP contribution in [0.5, 0.6) is 5.75 Å². The van der Waals surface area contributed by atoms with Crippen LogP contribution in [-0.2, 0) is 6.61 Å². The van der Waals surface area contributed by atoms with Crippen LogP contribution in [0.1, 0.15) is 16.7 Å². The average molecular weight is 370 g/mol. The largest absolute Gasteiger partial charge is 0.487 e. The van der Waals surface area contributed by atoms with Crippen LogP contribution in [0.3, 0.4) is 0 Å². The van der Waals surface area contributed by atoms with Crippen molar-refractivity contribution in [2.75, 3.05) is 0 Å². The maximum Gasteiger partial charge on any atom is 0.138 e. The van der Waals surface area contributed by atoms with Crippen molar-refractivity contribution in [3.8, 4) is 5.75 Å². The van der Waals surface area contributed by atoms with Gasteiger partial charge in [0.05, 0.1) is 10.7 Å². The first-order valence-electron chi connectivity index (χ1n) is 7.88. The number of halogens is 2. The predicted octanol–water partition coefficient (Wildman–Crippen LogP) is 6.63. The molecule has 0 spiro atoms. The molecular weight excluding hydrogens is 353 g/mol. The fourth-order valence-electron chi connectivity index (χ4n) is 2.28. The van der Waals surface area contributed by atoms with Gasteiger partial charge in [-0.2, -0.15) is 0 Å². The molecule has 0 aliphatic rings. The van der Waals surface area contributed by atoms with E-state index in [-0.39, 0.29) is 0 Å². The molecule has 0 N–H and O–H groups in total. The van der Waals surface area contributed by atoms with Gasteiger partial charge in [-0.1, -0.05) is 53.0 Å². The highest BCUT2D eigenvalue weighted by atomic mass is 35.5. The molecule has 0 bridgehead atoms. The molecule has 25 heavy (non-hydrogen) atoms. The van der Waals surface area contributed by atoms with Crippen LogP contribution < -0.4 is 4.74 Å². The minimum atomic E-state index is 0.414. The van der Waals surface area contributed by atoms with Gasteiger partial charge < -0.3 is 4.74 Å². The van der Waals surface area contributed by atoms with Gasteiger partial charge in [0.15, 0.2) is 0 Å². The number of aryl methyl sites for hydroxylation is 1. The smallest absolute Gasteiger partial charge is 0.138 e. The Labute approximate surface area is 157 Å². The van der Waals surface area contributed by atoms with Gasteiger partial charge in [-0.15, -0.1) is 0 Å². The second-order valence-corrected chi connectivity index (χ2v) is 6.55. The third-order valence-electron chi connectivity index (χ3n) is 3.64. The lowest BCUT2D eigenvalue weighted by molar-refractivity contribution is 0.306. The molecule has 0 aliphatic carbocycles. The summed E-state index contributed by atoms with van der Waals surface area (Å²) in [5.74, 6) is 0.633. The summed E-state index contributed by atoms with van der Waals surface area (Å²) in [6.07, 6.45) is 1.79. The summed E-state index contributed by atoms with van der Waals surface area (Å²) in [5.41, 5.74) is 4.03. The Morgan fingerprint density at radius 1 is 0.960 bits per heavy atom. The van der Waals surface area contributed by atoms with Crippen molar-refractivity contribution in [3.05, 3.63) is 93.5 Å². The number of rotatable bonds is 5. The van der Waals surface area contributed by atoms with Crippen LogP contribution in [-0.4, -0.2) is 6.21 Å². The normalized spacial score (nSPS) is 11.0. The summed E-state index contributed by atoms with van der Waals surface area (Å²) in [6.45, 7) is 2.46. The van der Waals surface area contributed by atoms with Crippen LogP contribution in [0.4, 0.5) is 5.69 Å². The van der Waals surface area contributed by atoms with E-state index in [1.807, 2.05) is 66.7 Å². The van der Waals surface area contributed by atoms with E-state index >= 15 is 0 Å². The Balaban J connectivity index is 1.67. The zero-order chi connectivity index (χ0) is 17.6. The first kappa shape index (κ1) is 17.5. The number of benzene rings is 3. The van der Waals surface area contributed by atoms with E-state index in [1.165, 1.54) is 5.56 Å². The van der Waals surface area contributed by atoms with Crippen molar-refractivity contribution in [3.63, 3.8) is 0 Å². The maximum atomic E-state index is 6.32. The molecule has 0 saturated carbocycles. The summed E-state index contributed by atoms with van der Waals surface area (Å²) in [4.78, 5) is 4.45. The second-order valence-electron chi connectivity index (χ2n) is 5.70. The molecule has 0 saturated heterocycles. The third kappa shape index (κ3) is 5.09. The van der Waals surface area contributed by atoms with E-state index in [0.717, 1.165) is 16.8 Å². The fraction of sp³-hybridized carbons (Fsp3) is 0.0952. The van der Waals surface area contributed by atoms with E-state index in [1.54, 1.807) is 6.21 Å². The van der Waals surface area contributed by atoms with Crippen LogP contribution in [0.15, 0.2) is 71.7 Å². The topological polar surface area (TPSA) is 21.6 Å². The van der Waals surface area contributed by atoms with Gasteiger partial charge in [-0.05, 0) is 60.5 Å². The first-order chi connectivity index (χ1) is 12.1. The second kappa shape index (κ2) is 8.19. The Bertz CT molecular complexity index is 889. The lowest BCUT2D eigenvalue weighted by atomic mass is 10.2. The molecule has 4 heteroatoms. The predicted molar refractivity (Wildman–Crippen MR) is 106 cm³/mol. The number of ether oxygens (including phenoxy) is 1. The monoisotopic (exact) mass is 369 g/mol. The Morgan fingerprint density at radius 3 is 2.48 bits per heavy atom. The number of hydrogen-bond acceptors (Lipinski definition) is 2. The van der Waals surface area contributed by atoms with Gasteiger partial charge >= 0.3 is 0 Å². The van der Waals surface area contributed by atoms with E-state index in [2.05, 4.69) is 11.9 Å². The van der Waals surface area contributed by atoms with Gasteiger partial charge in [0.2, 0.25) is 0 Å². The van der Waals surface area contributed by atoms with Crippen molar-refractivity contribution in [2.24, 2.45) is 4.99 Å². The molecule has 0 amide bonds. The molecule has 3 rings (SSSR count). The molecule has 0 aromatic heterocycles. The summed E-state index contributed by atoms with van der Waals surface area (Å²) in [7, 11) is 0. The van der Waals surface area contributed by atoms with Crippen LogP contribution in [0.2, 0.25) is 10.0 Å². The zero-order valence-electron chi connectivity index (χ0n) is 13.7. The molecule has 3 aromatic rings. The van der Waals surface area contributed by atoms with Gasteiger partial charge in [-0.3, -0.25) is 4.99 Å². The van der Waals surface area contributed by atoms with E-state index in [9.17, 15) is 0 Å². The highest BCUT2D eigenvalue weighted by molar-refractivity contribution is 6.32. The lowest BCUT2D eigenvalue weighted by Crippen LogP contribution is -1.96. The van der Waals surface area contributed by atoms with Crippen LogP contribution in [0, 0.1) is 6.92 Å². The SMILES string of the molecule is Cc1ccc(N=Cc2ccc(OCc3cccc(Cl)c3)c(Cl)c2)cc1. The third-order valence-corrected chi connectivity index (χ3v) is 4.17. The minimum absolute atomic E-state index is 0.414. The molecule has 0 aliphatic heterocycles. The molecule has 0 heterocycles. The van der Waals surface area contributed by atoms with Crippen molar-refractivity contribution < 1.29 is 4.74 Å². The van der Waals surface area contributed by atoms with E-state index < -0.39 is 0 Å². The summed E-state index contributed by atoms with van der Waals surface area (Å²) >= 11 is 12.3. The Kier molecular flexibility index (Phi) is 5.75. The van der Waals surface area contributed by atoms with Gasteiger partial charge in [0.25, 0.3) is 0 Å². The van der Waals surface area contributed by atoms with Gasteiger partial charge in [0.1, 0.15) is 12.4 Å².